The second kappa shape index (κ2) is 3.16. The van der Waals surface area contributed by atoms with E-state index >= 15 is 0 Å². The molecule has 0 atom stereocenters. The van der Waals surface area contributed by atoms with Crippen LogP contribution in [0, 0.1) is 0 Å². The minimum atomic E-state index is -1.38. The topological polar surface area (TPSA) is 66.5 Å². The Morgan fingerprint density at radius 2 is 2.20 bits per heavy atom. The summed E-state index contributed by atoms with van der Waals surface area (Å²) in [6.45, 7) is 0.358. The standard InChI is InChI=1S/C5H8BNO2S/c7-1-4-2-10-3-5(4)6(8)9/h2-3,8-9H,1,7H2. The molecule has 1 heterocycles. The molecule has 1 rings (SSSR count). The van der Waals surface area contributed by atoms with Crippen molar-refractivity contribution in [2.24, 2.45) is 5.73 Å². The van der Waals surface area contributed by atoms with E-state index in [2.05, 4.69) is 0 Å². The third kappa shape index (κ3) is 1.38. The first-order chi connectivity index (χ1) is 4.75. The Hall–Kier alpha value is -0.355. The van der Waals surface area contributed by atoms with Gasteiger partial charge in [0, 0.05) is 6.54 Å². The van der Waals surface area contributed by atoms with Gasteiger partial charge in [-0.3, -0.25) is 0 Å². The third-order valence-electron chi connectivity index (χ3n) is 1.27. The molecule has 0 fully saturated rings. The maximum absolute atomic E-state index is 8.73. The quantitative estimate of drug-likeness (QED) is 0.476. The largest absolute Gasteiger partial charge is 0.489 e. The summed E-state index contributed by atoms with van der Waals surface area (Å²) in [4.78, 5) is 0. The molecule has 0 saturated heterocycles. The van der Waals surface area contributed by atoms with Gasteiger partial charge in [0.25, 0.3) is 0 Å². The van der Waals surface area contributed by atoms with Crippen LogP contribution in [0.3, 0.4) is 0 Å². The van der Waals surface area contributed by atoms with Crippen molar-refractivity contribution in [3.8, 4) is 0 Å². The number of rotatable bonds is 2. The molecule has 1 aromatic heterocycles. The average Bonchev–Trinajstić information content (AvgIpc) is 2.33. The molecular weight excluding hydrogens is 149 g/mol. The fourth-order valence-corrected chi connectivity index (χ4v) is 1.61. The molecule has 0 aliphatic rings. The molecule has 0 unspecified atom stereocenters. The molecule has 54 valence electrons. The van der Waals surface area contributed by atoms with Crippen LogP contribution in [0.4, 0.5) is 0 Å². The Morgan fingerprint density at radius 3 is 2.60 bits per heavy atom. The van der Waals surface area contributed by atoms with Gasteiger partial charge in [0.1, 0.15) is 0 Å². The van der Waals surface area contributed by atoms with E-state index in [9.17, 15) is 0 Å². The lowest BCUT2D eigenvalue weighted by Gasteiger charge is -1.97. The monoisotopic (exact) mass is 157 g/mol. The van der Waals surface area contributed by atoms with Gasteiger partial charge in [-0.15, -0.1) is 0 Å². The van der Waals surface area contributed by atoms with Crippen molar-refractivity contribution < 1.29 is 10.0 Å². The van der Waals surface area contributed by atoms with Gasteiger partial charge in [-0.25, -0.2) is 0 Å². The Morgan fingerprint density at radius 1 is 1.50 bits per heavy atom. The van der Waals surface area contributed by atoms with E-state index in [4.69, 9.17) is 15.8 Å². The molecule has 0 aromatic carbocycles. The van der Waals surface area contributed by atoms with Gasteiger partial charge >= 0.3 is 7.12 Å². The van der Waals surface area contributed by atoms with E-state index in [1.165, 1.54) is 11.3 Å². The first-order valence-corrected chi connectivity index (χ1v) is 3.81. The molecule has 10 heavy (non-hydrogen) atoms. The van der Waals surface area contributed by atoms with Crippen molar-refractivity contribution in [2.45, 2.75) is 6.54 Å². The molecule has 0 radical (unpaired) electrons. The second-order valence-electron chi connectivity index (χ2n) is 1.93. The summed E-state index contributed by atoms with van der Waals surface area (Å²) in [6, 6.07) is 0. The highest BCUT2D eigenvalue weighted by molar-refractivity contribution is 7.09. The highest BCUT2D eigenvalue weighted by atomic mass is 32.1. The summed E-state index contributed by atoms with van der Waals surface area (Å²) in [7, 11) is -1.38. The smallest absolute Gasteiger partial charge is 0.423 e. The lowest BCUT2D eigenvalue weighted by atomic mass is 9.80. The number of hydrogen-bond donors (Lipinski definition) is 3. The van der Waals surface area contributed by atoms with E-state index in [1.54, 1.807) is 5.38 Å². The van der Waals surface area contributed by atoms with E-state index in [0.29, 0.717) is 12.0 Å². The zero-order chi connectivity index (χ0) is 7.56. The fourth-order valence-electron chi connectivity index (χ4n) is 0.726. The maximum atomic E-state index is 8.73. The van der Waals surface area contributed by atoms with Gasteiger partial charge in [-0.2, -0.15) is 11.3 Å². The molecule has 0 aliphatic heterocycles. The van der Waals surface area contributed by atoms with Crippen molar-refractivity contribution >= 4 is 23.9 Å². The van der Waals surface area contributed by atoms with Crippen molar-refractivity contribution in [2.75, 3.05) is 0 Å². The van der Waals surface area contributed by atoms with Gasteiger partial charge in [0.15, 0.2) is 0 Å². The molecule has 3 nitrogen and oxygen atoms in total. The summed E-state index contributed by atoms with van der Waals surface area (Å²) in [5.74, 6) is 0. The summed E-state index contributed by atoms with van der Waals surface area (Å²) in [6.07, 6.45) is 0. The van der Waals surface area contributed by atoms with Crippen LogP contribution in [-0.2, 0) is 6.54 Å². The zero-order valence-corrected chi connectivity index (χ0v) is 6.14. The maximum Gasteiger partial charge on any atom is 0.489 e. The first kappa shape index (κ1) is 7.75. The Balaban J connectivity index is 2.90. The minimum absolute atomic E-state index is 0.358. The van der Waals surface area contributed by atoms with Gasteiger partial charge in [0.2, 0.25) is 0 Å². The van der Waals surface area contributed by atoms with Crippen molar-refractivity contribution in [3.05, 3.63) is 16.3 Å². The van der Waals surface area contributed by atoms with Crippen LogP contribution in [0.15, 0.2) is 10.8 Å². The van der Waals surface area contributed by atoms with E-state index in [1.807, 2.05) is 5.38 Å². The highest BCUT2D eigenvalue weighted by Crippen LogP contribution is 2.02. The van der Waals surface area contributed by atoms with Crippen LogP contribution >= 0.6 is 11.3 Å². The summed E-state index contributed by atoms with van der Waals surface area (Å²) < 4.78 is 0. The second-order valence-corrected chi connectivity index (χ2v) is 2.67. The molecule has 0 amide bonds. The Labute approximate surface area is 63.3 Å². The minimum Gasteiger partial charge on any atom is -0.423 e. The van der Waals surface area contributed by atoms with Gasteiger partial charge in [0.05, 0.1) is 0 Å². The van der Waals surface area contributed by atoms with Crippen LogP contribution < -0.4 is 11.2 Å². The van der Waals surface area contributed by atoms with E-state index in [-0.39, 0.29) is 0 Å². The first-order valence-electron chi connectivity index (χ1n) is 2.87. The van der Waals surface area contributed by atoms with E-state index in [0.717, 1.165) is 5.56 Å². The SMILES string of the molecule is NCc1cscc1B(O)O. The van der Waals surface area contributed by atoms with Gasteiger partial charge in [-0.1, -0.05) is 0 Å². The van der Waals surface area contributed by atoms with Gasteiger partial charge in [-0.05, 0) is 21.8 Å². The van der Waals surface area contributed by atoms with Crippen LogP contribution in [-0.4, -0.2) is 17.2 Å². The molecule has 4 N–H and O–H groups in total. The summed E-state index contributed by atoms with van der Waals surface area (Å²) >= 11 is 1.42. The van der Waals surface area contributed by atoms with Crippen LogP contribution in [0.25, 0.3) is 0 Å². The zero-order valence-electron chi connectivity index (χ0n) is 5.32. The van der Waals surface area contributed by atoms with Crippen molar-refractivity contribution in [1.29, 1.82) is 0 Å². The van der Waals surface area contributed by atoms with Crippen LogP contribution in [0.1, 0.15) is 5.56 Å². The average molecular weight is 157 g/mol. The van der Waals surface area contributed by atoms with Crippen LogP contribution in [0.2, 0.25) is 0 Å². The molecule has 0 bridgehead atoms. The molecule has 0 spiro atoms. The van der Waals surface area contributed by atoms with E-state index < -0.39 is 7.12 Å². The molecule has 5 heteroatoms. The lowest BCUT2D eigenvalue weighted by molar-refractivity contribution is 0.425. The molecule has 0 saturated carbocycles. The highest BCUT2D eigenvalue weighted by Gasteiger charge is 2.15. The summed E-state index contributed by atoms with van der Waals surface area (Å²) in [5, 5.41) is 21.0. The van der Waals surface area contributed by atoms with Crippen LogP contribution in [0.5, 0.6) is 0 Å². The molecular formula is C5H8BNO2S. The molecule has 1 aromatic rings. The third-order valence-corrected chi connectivity index (χ3v) is 2.08. The predicted octanol–water partition coefficient (Wildman–Crippen LogP) is -1.11. The Kier molecular flexibility index (Phi) is 2.45. The van der Waals surface area contributed by atoms with Crippen molar-refractivity contribution in [1.82, 2.24) is 0 Å². The summed E-state index contributed by atoms with van der Waals surface area (Å²) in [5.41, 5.74) is 6.64. The molecule has 0 aliphatic carbocycles. The number of thiophene rings is 1. The van der Waals surface area contributed by atoms with Crippen molar-refractivity contribution in [3.63, 3.8) is 0 Å². The lowest BCUT2D eigenvalue weighted by Crippen LogP contribution is -2.31. The normalized spacial score (nSPS) is 9.90. The number of nitrogens with two attached hydrogens (primary N) is 1. The Bertz CT molecular complexity index is 213. The predicted molar refractivity (Wildman–Crippen MR) is 42.0 cm³/mol. The number of hydrogen-bond acceptors (Lipinski definition) is 4. The van der Waals surface area contributed by atoms with Gasteiger partial charge < -0.3 is 15.8 Å². The fraction of sp³-hybridized carbons (Fsp3) is 0.200.